The summed E-state index contributed by atoms with van der Waals surface area (Å²) in [6.07, 6.45) is 5.03. The van der Waals surface area contributed by atoms with Crippen molar-refractivity contribution in [1.82, 2.24) is 0 Å². The monoisotopic (exact) mass is 318 g/mol. The summed E-state index contributed by atoms with van der Waals surface area (Å²) in [7, 11) is 0. The van der Waals surface area contributed by atoms with Crippen LogP contribution in [0.5, 0.6) is 5.75 Å². The summed E-state index contributed by atoms with van der Waals surface area (Å²) in [4.78, 5) is 11.7. The average molecular weight is 319 g/mol. The molecule has 0 unspecified atom stereocenters. The first-order valence-electron chi connectivity index (χ1n) is 6.37. The summed E-state index contributed by atoms with van der Waals surface area (Å²) in [6, 6.07) is 10.5. The van der Waals surface area contributed by atoms with Crippen molar-refractivity contribution in [1.29, 1.82) is 0 Å². The van der Waals surface area contributed by atoms with Gasteiger partial charge >= 0.3 is 5.97 Å². The van der Waals surface area contributed by atoms with E-state index >= 15 is 0 Å². The van der Waals surface area contributed by atoms with E-state index in [0.717, 1.165) is 0 Å². The lowest BCUT2D eigenvalue weighted by Crippen LogP contribution is -2.05. The summed E-state index contributed by atoms with van der Waals surface area (Å²) in [6.45, 7) is 0.0665. The van der Waals surface area contributed by atoms with Crippen LogP contribution in [-0.4, -0.2) is 12.6 Å². The van der Waals surface area contributed by atoms with Crippen molar-refractivity contribution in [2.45, 2.75) is 6.61 Å². The third-order valence-electron chi connectivity index (χ3n) is 2.77. The standard InChI is InChI=1S/C17H12ClFO3/c1-2-8-21-17(20)12-4-3-5-15(9-12)22-11-13-6-7-14(19)10-16(13)18/h1,3-7,9-10H,8,11H2. The molecule has 0 aliphatic heterocycles. The second kappa shape index (κ2) is 7.48. The van der Waals surface area contributed by atoms with E-state index in [2.05, 4.69) is 5.92 Å². The second-order valence-corrected chi connectivity index (χ2v) is 4.74. The number of halogens is 2. The molecular weight excluding hydrogens is 307 g/mol. The number of hydrogen-bond acceptors (Lipinski definition) is 3. The highest BCUT2D eigenvalue weighted by Crippen LogP contribution is 2.21. The second-order valence-electron chi connectivity index (χ2n) is 4.33. The van der Waals surface area contributed by atoms with Crippen molar-refractivity contribution in [3.05, 3.63) is 64.4 Å². The van der Waals surface area contributed by atoms with Gasteiger partial charge in [0.2, 0.25) is 0 Å². The van der Waals surface area contributed by atoms with Crippen molar-refractivity contribution in [3.8, 4) is 18.1 Å². The Morgan fingerprint density at radius 1 is 1.27 bits per heavy atom. The highest BCUT2D eigenvalue weighted by molar-refractivity contribution is 6.31. The van der Waals surface area contributed by atoms with Crippen LogP contribution in [0.25, 0.3) is 0 Å². The lowest BCUT2D eigenvalue weighted by atomic mass is 10.2. The van der Waals surface area contributed by atoms with Crippen LogP contribution >= 0.6 is 11.6 Å². The Morgan fingerprint density at radius 3 is 2.82 bits per heavy atom. The quantitative estimate of drug-likeness (QED) is 0.620. The number of carbonyl (C=O) groups excluding carboxylic acids is 1. The number of carbonyl (C=O) groups is 1. The SMILES string of the molecule is C#CCOC(=O)c1cccc(OCc2ccc(F)cc2Cl)c1. The summed E-state index contributed by atoms with van der Waals surface area (Å²) >= 11 is 5.92. The van der Waals surface area contributed by atoms with Crippen molar-refractivity contribution >= 4 is 17.6 Å². The van der Waals surface area contributed by atoms with E-state index in [1.54, 1.807) is 24.3 Å². The summed E-state index contributed by atoms with van der Waals surface area (Å²) in [5.74, 6) is 1.75. The van der Waals surface area contributed by atoms with E-state index in [-0.39, 0.29) is 18.2 Å². The van der Waals surface area contributed by atoms with E-state index in [1.165, 1.54) is 18.2 Å². The minimum atomic E-state index is -0.525. The molecule has 2 rings (SSSR count). The number of rotatable bonds is 5. The van der Waals surface area contributed by atoms with E-state index in [9.17, 15) is 9.18 Å². The number of hydrogen-bond donors (Lipinski definition) is 0. The first-order valence-corrected chi connectivity index (χ1v) is 6.75. The molecular formula is C17H12ClFO3. The molecule has 3 nitrogen and oxygen atoms in total. The molecule has 0 aliphatic carbocycles. The molecule has 0 atom stereocenters. The summed E-state index contributed by atoms with van der Waals surface area (Å²) < 4.78 is 23.4. The Labute approximate surface area is 132 Å². The number of ether oxygens (including phenoxy) is 2. The first-order chi connectivity index (χ1) is 10.6. The van der Waals surface area contributed by atoms with Gasteiger partial charge in [0.1, 0.15) is 18.2 Å². The highest BCUT2D eigenvalue weighted by Gasteiger charge is 2.08. The Kier molecular flexibility index (Phi) is 5.40. The Hall–Kier alpha value is -2.51. The molecule has 0 amide bonds. The van der Waals surface area contributed by atoms with Gasteiger partial charge in [-0.05, 0) is 30.3 Å². The highest BCUT2D eigenvalue weighted by atomic mass is 35.5. The molecule has 0 N–H and O–H groups in total. The lowest BCUT2D eigenvalue weighted by molar-refractivity contribution is 0.0556. The molecule has 0 radical (unpaired) electrons. The molecule has 0 saturated carbocycles. The maximum Gasteiger partial charge on any atom is 0.339 e. The average Bonchev–Trinajstić information content (AvgIpc) is 2.52. The zero-order valence-electron chi connectivity index (χ0n) is 11.5. The third kappa shape index (κ3) is 4.24. The fourth-order valence-electron chi connectivity index (χ4n) is 1.70. The molecule has 0 spiro atoms. The molecule has 22 heavy (non-hydrogen) atoms. The van der Waals surface area contributed by atoms with Crippen LogP contribution in [-0.2, 0) is 11.3 Å². The molecule has 0 fully saturated rings. The van der Waals surface area contributed by atoms with Gasteiger partial charge in [-0.1, -0.05) is 29.7 Å². The van der Waals surface area contributed by atoms with Gasteiger partial charge in [0, 0.05) is 5.56 Å². The van der Waals surface area contributed by atoms with Gasteiger partial charge in [0.25, 0.3) is 0 Å². The minimum absolute atomic E-state index is 0.0882. The molecule has 2 aromatic rings. The lowest BCUT2D eigenvalue weighted by Gasteiger charge is -2.09. The maximum atomic E-state index is 13.0. The zero-order valence-corrected chi connectivity index (χ0v) is 12.3. The summed E-state index contributed by atoms with van der Waals surface area (Å²) in [5.41, 5.74) is 0.973. The van der Waals surface area contributed by atoms with Crippen LogP contribution in [0.2, 0.25) is 5.02 Å². The van der Waals surface area contributed by atoms with Crippen LogP contribution < -0.4 is 4.74 Å². The minimum Gasteiger partial charge on any atom is -0.489 e. The normalized spacial score (nSPS) is 9.86. The van der Waals surface area contributed by atoms with Gasteiger partial charge in [-0.15, -0.1) is 6.42 Å². The largest absolute Gasteiger partial charge is 0.489 e. The number of esters is 1. The molecule has 0 aromatic heterocycles. The van der Waals surface area contributed by atoms with E-state index in [0.29, 0.717) is 16.9 Å². The van der Waals surface area contributed by atoms with Gasteiger partial charge in [-0.25, -0.2) is 9.18 Å². The third-order valence-corrected chi connectivity index (χ3v) is 3.12. The number of terminal acetylenes is 1. The van der Waals surface area contributed by atoms with Crippen LogP contribution in [0.3, 0.4) is 0 Å². The molecule has 0 bridgehead atoms. The molecule has 0 saturated heterocycles. The van der Waals surface area contributed by atoms with Crippen molar-refractivity contribution in [3.63, 3.8) is 0 Å². The summed E-state index contributed by atoms with van der Waals surface area (Å²) in [5, 5.41) is 0.282. The molecule has 2 aromatic carbocycles. The molecule has 112 valence electrons. The van der Waals surface area contributed by atoms with Crippen LogP contribution in [0.1, 0.15) is 15.9 Å². The number of benzene rings is 2. The Balaban J connectivity index is 2.04. The fourth-order valence-corrected chi connectivity index (χ4v) is 1.93. The van der Waals surface area contributed by atoms with Crippen LogP contribution in [0, 0.1) is 18.2 Å². The Bertz CT molecular complexity index is 722. The van der Waals surface area contributed by atoms with E-state index in [4.69, 9.17) is 27.5 Å². The van der Waals surface area contributed by atoms with Crippen molar-refractivity contribution in [2.24, 2.45) is 0 Å². The van der Waals surface area contributed by atoms with E-state index < -0.39 is 11.8 Å². The van der Waals surface area contributed by atoms with Crippen LogP contribution in [0.15, 0.2) is 42.5 Å². The van der Waals surface area contributed by atoms with E-state index in [1.807, 2.05) is 0 Å². The first kappa shape index (κ1) is 15.9. The van der Waals surface area contributed by atoms with Gasteiger partial charge in [0.15, 0.2) is 6.61 Å². The Morgan fingerprint density at radius 2 is 2.09 bits per heavy atom. The maximum absolute atomic E-state index is 13.0. The van der Waals surface area contributed by atoms with Crippen molar-refractivity contribution < 1.29 is 18.7 Å². The molecule has 0 aliphatic rings. The van der Waals surface area contributed by atoms with Crippen LogP contribution in [0.4, 0.5) is 4.39 Å². The fraction of sp³-hybridized carbons (Fsp3) is 0.118. The van der Waals surface area contributed by atoms with Gasteiger partial charge in [-0.3, -0.25) is 0 Å². The van der Waals surface area contributed by atoms with Gasteiger partial charge in [0.05, 0.1) is 10.6 Å². The van der Waals surface area contributed by atoms with Gasteiger partial charge in [-0.2, -0.15) is 0 Å². The van der Waals surface area contributed by atoms with Gasteiger partial charge < -0.3 is 9.47 Å². The molecule has 0 heterocycles. The van der Waals surface area contributed by atoms with Crippen molar-refractivity contribution in [2.75, 3.05) is 6.61 Å². The smallest absolute Gasteiger partial charge is 0.339 e. The molecule has 5 heteroatoms. The topological polar surface area (TPSA) is 35.5 Å². The zero-order chi connectivity index (χ0) is 15.9. The predicted octanol–water partition coefficient (Wildman–Crippen LogP) is 3.85. The predicted molar refractivity (Wildman–Crippen MR) is 81.3 cm³/mol.